The molecule has 3 aromatic rings. The van der Waals surface area contributed by atoms with Crippen molar-refractivity contribution in [2.75, 3.05) is 47.1 Å². The van der Waals surface area contributed by atoms with Gasteiger partial charge in [0.25, 0.3) is 5.91 Å². The zero-order valence-corrected chi connectivity index (χ0v) is 20.9. The van der Waals surface area contributed by atoms with Gasteiger partial charge in [-0.15, -0.1) is 11.3 Å². The number of rotatable bonds is 10. The molecule has 1 aromatic heterocycles. The molecule has 35 heavy (non-hydrogen) atoms. The molecule has 1 amide bonds. The van der Waals surface area contributed by atoms with Crippen molar-refractivity contribution in [3.05, 3.63) is 75.5 Å². The molecule has 7 nitrogen and oxygen atoms in total. The molecule has 0 atom stereocenters. The molecule has 0 radical (unpaired) electrons. The molecule has 0 bridgehead atoms. The van der Waals surface area contributed by atoms with Crippen molar-refractivity contribution in [1.82, 2.24) is 14.8 Å². The highest BCUT2D eigenvalue weighted by molar-refractivity contribution is 7.09. The lowest BCUT2D eigenvalue weighted by Crippen LogP contribution is -2.40. The van der Waals surface area contributed by atoms with Crippen LogP contribution >= 0.6 is 11.3 Å². The molecular weight excluding hydrogens is 469 g/mol. The van der Waals surface area contributed by atoms with Crippen LogP contribution in [0.1, 0.15) is 26.6 Å². The summed E-state index contributed by atoms with van der Waals surface area (Å²) < 4.78 is 29.5. The van der Waals surface area contributed by atoms with Gasteiger partial charge in [0.1, 0.15) is 16.5 Å². The summed E-state index contributed by atoms with van der Waals surface area (Å²) in [5.41, 5.74) is 2.61. The maximum Gasteiger partial charge on any atom is 0.273 e. The number of methoxy groups -OCH3 is 2. The van der Waals surface area contributed by atoms with Crippen molar-refractivity contribution in [1.29, 1.82) is 0 Å². The average Bonchev–Trinajstić information content (AvgIpc) is 3.36. The molecule has 0 spiro atoms. The Hall–Kier alpha value is -3.01. The fraction of sp³-hybridized carbons (Fsp3) is 0.385. The highest BCUT2D eigenvalue weighted by Crippen LogP contribution is 2.28. The summed E-state index contributed by atoms with van der Waals surface area (Å²) in [7, 11) is 3.24. The first kappa shape index (κ1) is 25.1. The summed E-state index contributed by atoms with van der Waals surface area (Å²) in [4.78, 5) is 21.5. The van der Waals surface area contributed by atoms with Gasteiger partial charge in [-0.05, 0) is 41.8 Å². The number of hydrogen-bond donors (Lipinski definition) is 0. The third kappa shape index (κ3) is 6.78. The van der Waals surface area contributed by atoms with Gasteiger partial charge in [0.05, 0.1) is 34.0 Å². The minimum atomic E-state index is -0.253. The molecule has 1 aliphatic rings. The van der Waals surface area contributed by atoms with Gasteiger partial charge in [-0.3, -0.25) is 9.69 Å². The predicted octanol–water partition coefficient (Wildman–Crippen LogP) is 4.02. The Labute approximate surface area is 209 Å². The SMILES string of the molecule is COc1ccc(CCN(Cc2ccc(F)cc2)Cc2nc(C(=O)N3CCOCC3)cs2)cc1OC. The molecule has 0 saturated carbocycles. The van der Waals surface area contributed by atoms with Crippen LogP contribution in [0.5, 0.6) is 11.5 Å². The molecule has 4 rings (SSSR count). The van der Waals surface area contributed by atoms with Crippen LogP contribution in [-0.2, 0) is 24.2 Å². The normalized spacial score (nSPS) is 13.8. The van der Waals surface area contributed by atoms with E-state index in [4.69, 9.17) is 14.2 Å². The van der Waals surface area contributed by atoms with Crippen LogP contribution in [0.3, 0.4) is 0 Å². The molecule has 0 N–H and O–H groups in total. The Balaban J connectivity index is 1.46. The van der Waals surface area contributed by atoms with E-state index in [1.54, 1.807) is 31.3 Å². The van der Waals surface area contributed by atoms with Crippen LogP contribution in [-0.4, -0.2) is 67.8 Å². The maximum atomic E-state index is 13.4. The summed E-state index contributed by atoms with van der Waals surface area (Å²) in [6.45, 7) is 4.28. The minimum absolute atomic E-state index is 0.0498. The number of carbonyl (C=O) groups excluding carboxylic acids is 1. The van der Waals surface area contributed by atoms with E-state index in [0.717, 1.165) is 29.1 Å². The number of thiazole rings is 1. The van der Waals surface area contributed by atoms with Crippen LogP contribution in [0.4, 0.5) is 4.39 Å². The quantitative estimate of drug-likeness (QED) is 0.420. The Morgan fingerprint density at radius 2 is 1.77 bits per heavy atom. The van der Waals surface area contributed by atoms with E-state index in [2.05, 4.69) is 9.88 Å². The lowest BCUT2D eigenvalue weighted by atomic mass is 10.1. The lowest BCUT2D eigenvalue weighted by molar-refractivity contribution is 0.0299. The molecule has 186 valence electrons. The Kier molecular flexibility index (Phi) is 8.68. The fourth-order valence-corrected chi connectivity index (χ4v) is 4.80. The highest BCUT2D eigenvalue weighted by atomic mass is 32.1. The summed E-state index contributed by atoms with van der Waals surface area (Å²) >= 11 is 1.49. The van der Waals surface area contributed by atoms with Gasteiger partial charge in [-0.1, -0.05) is 18.2 Å². The summed E-state index contributed by atoms with van der Waals surface area (Å²) in [5, 5.41) is 2.70. The Morgan fingerprint density at radius 1 is 1.06 bits per heavy atom. The Bertz CT molecular complexity index is 1120. The molecule has 2 heterocycles. The zero-order chi connectivity index (χ0) is 24.6. The van der Waals surface area contributed by atoms with E-state index >= 15 is 0 Å². The van der Waals surface area contributed by atoms with E-state index in [-0.39, 0.29) is 11.7 Å². The smallest absolute Gasteiger partial charge is 0.273 e. The number of morpholine rings is 1. The molecule has 1 saturated heterocycles. The molecule has 2 aromatic carbocycles. The van der Waals surface area contributed by atoms with E-state index < -0.39 is 0 Å². The van der Waals surface area contributed by atoms with Crippen LogP contribution in [0.25, 0.3) is 0 Å². The van der Waals surface area contributed by atoms with E-state index in [0.29, 0.717) is 56.6 Å². The van der Waals surface area contributed by atoms with Gasteiger partial charge in [-0.2, -0.15) is 0 Å². The first-order valence-corrected chi connectivity index (χ1v) is 12.4. The van der Waals surface area contributed by atoms with Gasteiger partial charge >= 0.3 is 0 Å². The average molecular weight is 500 g/mol. The van der Waals surface area contributed by atoms with Crippen LogP contribution in [0.15, 0.2) is 47.8 Å². The first-order chi connectivity index (χ1) is 17.1. The van der Waals surface area contributed by atoms with Gasteiger partial charge in [0.2, 0.25) is 0 Å². The molecule has 1 aliphatic heterocycles. The van der Waals surface area contributed by atoms with Crippen molar-refractivity contribution in [2.45, 2.75) is 19.5 Å². The maximum absolute atomic E-state index is 13.4. The fourth-order valence-electron chi connectivity index (χ4n) is 3.99. The Morgan fingerprint density at radius 3 is 2.49 bits per heavy atom. The molecule has 9 heteroatoms. The minimum Gasteiger partial charge on any atom is -0.493 e. The summed E-state index contributed by atoms with van der Waals surface area (Å²) in [6.07, 6.45) is 0.784. The number of nitrogens with zero attached hydrogens (tertiary/aromatic N) is 3. The third-order valence-electron chi connectivity index (χ3n) is 5.91. The number of aromatic nitrogens is 1. The third-order valence-corrected chi connectivity index (χ3v) is 6.75. The van der Waals surface area contributed by atoms with Crippen molar-refractivity contribution in [3.8, 4) is 11.5 Å². The van der Waals surface area contributed by atoms with Crippen LogP contribution in [0, 0.1) is 5.82 Å². The second-order valence-electron chi connectivity index (χ2n) is 8.31. The second-order valence-corrected chi connectivity index (χ2v) is 9.25. The molecule has 0 aliphatic carbocycles. The summed E-state index contributed by atoms with van der Waals surface area (Å²) in [6, 6.07) is 12.5. The van der Waals surface area contributed by atoms with Gasteiger partial charge in [0, 0.05) is 31.6 Å². The topological polar surface area (TPSA) is 64.1 Å². The number of ether oxygens (including phenoxy) is 3. The van der Waals surface area contributed by atoms with Crippen molar-refractivity contribution in [2.24, 2.45) is 0 Å². The molecule has 0 unspecified atom stereocenters. The monoisotopic (exact) mass is 499 g/mol. The number of carbonyl (C=O) groups is 1. The first-order valence-electron chi connectivity index (χ1n) is 11.5. The van der Waals surface area contributed by atoms with E-state index in [9.17, 15) is 9.18 Å². The van der Waals surface area contributed by atoms with Crippen molar-refractivity contribution < 1.29 is 23.4 Å². The number of amides is 1. The highest BCUT2D eigenvalue weighted by Gasteiger charge is 2.21. The number of hydrogen-bond acceptors (Lipinski definition) is 7. The van der Waals surface area contributed by atoms with Gasteiger partial charge in [0.15, 0.2) is 11.5 Å². The standard InChI is InChI=1S/C26H30FN3O4S/c1-32-23-8-5-19(15-24(23)33-2)9-10-29(16-20-3-6-21(27)7-4-20)17-25-28-22(18-35-25)26(31)30-11-13-34-14-12-30/h3-8,15,18H,9-14,16-17H2,1-2H3. The predicted molar refractivity (Wildman–Crippen MR) is 133 cm³/mol. The number of benzene rings is 2. The number of halogens is 1. The second kappa shape index (κ2) is 12.1. The molecular formula is C26H30FN3O4S. The van der Waals surface area contributed by atoms with Crippen LogP contribution < -0.4 is 9.47 Å². The zero-order valence-electron chi connectivity index (χ0n) is 20.0. The largest absolute Gasteiger partial charge is 0.493 e. The summed E-state index contributed by atoms with van der Waals surface area (Å²) in [5.74, 6) is 1.09. The van der Waals surface area contributed by atoms with Gasteiger partial charge < -0.3 is 19.1 Å². The molecule has 1 fully saturated rings. The van der Waals surface area contributed by atoms with E-state index in [1.807, 2.05) is 23.6 Å². The van der Waals surface area contributed by atoms with Crippen molar-refractivity contribution >= 4 is 17.2 Å². The van der Waals surface area contributed by atoms with E-state index in [1.165, 1.54) is 23.5 Å². The van der Waals surface area contributed by atoms with Gasteiger partial charge in [-0.25, -0.2) is 9.37 Å². The lowest BCUT2D eigenvalue weighted by Gasteiger charge is -2.26. The van der Waals surface area contributed by atoms with Crippen LogP contribution in [0.2, 0.25) is 0 Å². The van der Waals surface area contributed by atoms with Crippen molar-refractivity contribution in [3.63, 3.8) is 0 Å².